The molecule has 1 amide bonds. The van der Waals surface area contributed by atoms with Gasteiger partial charge in [-0.15, -0.1) is 0 Å². The van der Waals surface area contributed by atoms with Crippen LogP contribution >= 0.6 is 0 Å². The number of hydrogen-bond donors (Lipinski definition) is 2. The molecule has 174 valence electrons. The average molecular weight is 480 g/mol. The Morgan fingerprint density at radius 2 is 1.91 bits per heavy atom. The highest BCUT2D eigenvalue weighted by Crippen LogP contribution is 2.26. The molecule has 2 N–H and O–H groups in total. The highest BCUT2D eigenvalue weighted by atomic mass is 32.2. The second kappa shape index (κ2) is 8.96. The molecule has 3 heterocycles. The first-order valence-electron chi connectivity index (χ1n) is 10.9. The van der Waals surface area contributed by atoms with Gasteiger partial charge in [-0.3, -0.25) is 9.78 Å². The maximum absolute atomic E-state index is 13.5. The van der Waals surface area contributed by atoms with Crippen LogP contribution in [0.2, 0.25) is 0 Å². The second-order valence-corrected chi connectivity index (χ2v) is 10.1. The topological polar surface area (TPSA) is 108 Å². The van der Waals surface area contributed by atoms with Gasteiger partial charge in [-0.05, 0) is 55.3 Å². The normalized spacial score (nSPS) is 15.4. The van der Waals surface area contributed by atoms with Crippen LogP contribution in [0.3, 0.4) is 0 Å². The number of piperidine rings is 1. The van der Waals surface area contributed by atoms with Crippen LogP contribution in [0.4, 0.5) is 10.1 Å². The van der Waals surface area contributed by atoms with Crippen molar-refractivity contribution in [2.75, 3.05) is 18.4 Å². The fourth-order valence-electron chi connectivity index (χ4n) is 4.11. The maximum atomic E-state index is 13.5. The van der Waals surface area contributed by atoms with Crippen molar-refractivity contribution in [1.29, 1.82) is 0 Å². The number of nitrogens with one attached hydrogen (secondary N) is 2. The summed E-state index contributed by atoms with van der Waals surface area (Å²) in [6.07, 6.45) is 3.72. The number of H-pyrrole nitrogens is 1. The van der Waals surface area contributed by atoms with Crippen LogP contribution < -0.4 is 5.32 Å². The van der Waals surface area contributed by atoms with Crippen LogP contribution in [0.15, 0.2) is 71.9 Å². The van der Waals surface area contributed by atoms with Gasteiger partial charge in [-0.25, -0.2) is 17.8 Å². The summed E-state index contributed by atoms with van der Waals surface area (Å²) in [6, 6.07) is 14.6. The highest BCUT2D eigenvalue weighted by Gasteiger charge is 2.32. The molecule has 34 heavy (non-hydrogen) atoms. The summed E-state index contributed by atoms with van der Waals surface area (Å²) in [5, 5.41) is 2.92. The van der Waals surface area contributed by atoms with E-state index in [2.05, 4.69) is 20.3 Å². The Morgan fingerprint density at radius 3 is 2.65 bits per heavy atom. The fourth-order valence-corrected chi connectivity index (χ4v) is 5.55. The van der Waals surface area contributed by atoms with Crippen LogP contribution in [0.1, 0.15) is 12.8 Å². The highest BCUT2D eigenvalue weighted by molar-refractivity contribution is 7.89. The van der Waals surface area contributed by atoms with E-state index in [0.717, 1.165) is 5.52 Å². The van der Waals surface area contributed by atoms with Crippen LogP contribution in [0, 0.1) is 11.7 Å². The number of rotatable bonds is 5. The van der Waals surface area contributed by atoms with E-state index in [0.29, 0.717) is 35.4 Å². The van der Waals surface area contributed by atoms with Gasteiger partial charge in [-0.2, -0.15) is 4.31 Å². The summed E-state index contributed by atoms with van der Waals surface area (Å²) in [4.78, 5) is 24.5. The molecule has 2 aromatic carbocycles. The lowest BCUT2D eigenvalue weighted by molar-refractivity contribution is -0.120. The Kier molecular flexibility index (Phi) is 5.84. The molecule has 0 saturated carbocycles. The van der Waals surface area contributed by atoms with E-state index in [1.165, 1.54) is 34.9 Å². The van der Waals surface area contributed by atoms with Gasteiger partial charge in [0.05, 0.1) is 11.0 Å². The van der Waals surface area contributed by atoms with E-state index in [4.69, 9.17) is 0 Å². The molecule has 10 heteroatoms. The predicted octanol–water partition coefficient (Wildman–Crippen LogP) is 3.80. The van der Waals surface area contributed by atoms with Gasteiger partial charge in [0.25, 0.3) is 0 Å². The summed E-state index contributed by atoms with van der Waals surface area (Å²) in [5.74, 6) is -0.242. The first-order chi connectivity index (χ1) is 16.4. The van der Waals surface area contributed by atoms with Crippen molar-refractivity contribution in [3.8, 4) is 11.4 Å². The molecule has 1 fully saturated rings. The zero-order chi connectivity index (χ0) is 23.7. The number of aromatic amines is 1. The Balaban J connectivity index is 1.24. The third-order valence-corrected chi connectivity index (χ3v) is 7.83. The van der Waals surface area contributed by atoms with Gasteiger partial charge in [0.2, 0.25) is 15.9 Å². The molecule has 5 rings (SSSR count). The molecule has 0 bridgehead atoms. The van der Waals surface area contributed by atoms with Crippen LogP contribution in [-0.4, -0.2) is 46.7 Å². The number of carbonyl (C=O) groups excluding carboxylic acids is 1. The van der Waals surface area contributed by atoms with Crippen molar-refractivity contribution in [3.63, 3.8) is 0 Å². The van der Waals surface area contributed by atoms with E-state index in [1.54, 1.807) is 36.4 Å². The van der Waals surface area contributed by atoms with Crippen LogP contribution in [0.25, 0.3) is 22.4 Å². The number of sulfonamides is 1. The maximum Gasteiger partial charge on any atom is 0.244 e. The Hall–Kier alpha value is -3.63. The summed E-state index contributed by atoms with van der Waals surface area (Å²) in [7, 11) is -3.61. The molecule has 4 aromatic rings. The lowest BCUT2D eigenvalue weighted by Crippen LogP contribution is -2.41. The monoisotopic (exact) mass is 479 g/mol. The van der Waals surface area contributed by atoms with Crippen molar-refractivity contribution in [2.45, 2.75) is 17.7 Å². The number of pyridine rings is 1. The predicted molar refractivity (Wildman–Crippen MR) is 126 cm³/mol. The lowest BCUT2D eigenvalue weighted by Gasteiger charge is -2.30. The summed E-state index contributed by atoms with van der Waals surface area (Å²) in [6.45, 7) is 0.539. The number of hydrogen-bond acceptors (Lipinski definition) is 5. The van der Waals surface area contributed by atoms with Crippen molar-refractivity contribution in [2.24, 2.45) is 5.92 Å². The molecule has 0 aliphatic carbocycles. The van der Waals surface area contributed by atoms with Gasteiger partial charge in [0.1, 0.15) is 16.5 Å². The van der Waals surface area contributed by atoms with Crippen LogP contribution in [-0.2, 0) is 14.8 Å². The number of amides is 1. The van der Waals surface area contributed by atoms with Gasteiger partial charge in [0, 0.05) is 42.7 Å². The third-order valence-electron chi connectivity index (χ3n) is 5.94. The van der Waals surface area contributed by atoms with E-state index < -0.39 is 10.0 Å². The number of carbonyl (C=O) groups is 1. The molecule has 0 spiro atoms. The van der Waals surface area contributed by atoms with Gasteiger partial charge < -0.3 is 10.3 Å². The number of imidazole rings is 1. The molecular formula is C24H22FN5O3S. The quantitative estimate of drug-likeness (QED) is 0.453. The van der Waals surface area contributed by atoms with E-state index in [-0.39, 0.29) is 35.6 Å². The zero-order valence-electron chi connectivity index (χ0n) is 18.1. The third kappa shape index (κ3) is 4.42. The Bertz CT molecular complexity index is 1450. The Morgan fingerprint density at radius 1 is 1.09 bits per heavy atom. The number of anilines is 1. The molecule has 1 saturated heterocycles. The summed E-state index contributed by atoms with van der Waals surface area (Å²) in [5.41, 5.74) is 2.66. The second-order valence-electron chi connectivity index (χ2n) is 8.18. The standard InChI is InChI=1S/C24H22FN5O3S/c25-18-4-1-3-17(13-18)23-28-21-7-6-19(14-22(21)29-23)27-24(31)16-8-11-30(12-9-16)34(32,33)20-5-2-10-26-15-20/h1-7,10,13-16H,8-9,11-12H2,(H,27,31)(H,28,29). The summed E-state index contributed by atoms with van der Waals surface area (Å²) >= 11 is 0. The molecule has 0 unspecified atom stereocenters. The van der Waals surface area contributed by atoms with E-state index in [9.17, 15) is 17.6 Å². The number of halogens is 1. The molecule has 2 aromatic heterocycles. The van der Waals surface area contributed by atoms with Crippen molar-refractivity contribution >= 4 is 32.7 Å². The SMILES string of the molecule is O=C(Nc1ccc2nc(-c3cccc(F)c3)[nH]c2c1)C1CCN(S(=O)(=O)c2cccnc2)CC1. The number of fused-ring (bicyclic) bond motifs is 1. The molecule has 1 aliphatic rings. The first kappa shape index (κ1) is 22.2. The van der Waals surface area contributed by atoms with Crippen molar-refractivity contribution in [1.82, 2.24) is 19.3 Å². The Labute approximate surface area is 195 Å². The van der Waals surface area contributed by atoms with Gasteiger partial charge >= 0.3 is 0 Å². The number of nitrogens with zero attached hydrogens (tertiary/aromatic N) is 3. The minimum atomic E-state index is -3.61. The summed E-state index contributed by atoms with van der Waals surface area (Å²) < 4.78 is 40.5. The zero-order valence-corrected chi connectivity index (χ0v) is 18.9. The van der Waals surface area contributed by atoms with Crippen LogP contribution in [0.5, 0.6) is 0 Å². The van der Waals surface area contributed by atoms with E-state index >= 15 is 0 Å². The number of benzene rings is 2. The molecule has 0 radical (unpaired) electrons. The van der Waals surface area contributed by atoms with Gasteiger partial charge in [-0.1, -0.05) is 12.1 Å². The van der Waals surface area contributed by atoms with Crippen molar-refractivity contribution < 1.29 is 17.6 Å². The fraction of sp³-hybridized carbons (Fsp3) is 0.208. The van der Waals surface area contributed by atoms with Crippen molar-refractivity contribution in [3.05, 3.63) is 72.8 Å². The molecule has 0 atom stereocenters. The average Bonchev–Trinajstić information content (AvgIpc) is 3.28. The number of aromatic nitrogens is 3. The molecule has 8 nitrogen and oxygen atoms in total. The lowest BCUT2D eigenvalue weighted by atomic mass is 9.97. The van der Waals surface area contributed by atoms with E-state index in [1.807, 2.05) is 0 Å². The largest absolute Gasteiger partial charge is 0.338 e. The minimum Gasteiger partial charge on any atom is -0.338 e. The smallest absolute Gasteiger partial charge is 0.244 e. The first-order valence-corrected chi connectivity index (χ1v) is 12.3. The minimum absolute atomic E-state index is 0.150. The molecule has 1 aliphatic heterocycles. The van der Waals surface area contributed by atoms with Gasteiger partial charge in [0.15, 0.2) is 0 Å². The molecular weight excluding hydrogens is 457 g/mol.